The highest BCUT2D eigenvalue weighted by atomic mass is 32.1. The van der Waals surface area contributed by atoms with Crippen LogP contribution >= 0.6 is 11.3 Å². The van der Waals surface area contributed by atoms with E-state index < -0.39 is 29.7 Å². The van der Waals surface area contributed by atoms with Gasteiger partial charge in [-0.25, -0.2) is 0 Å². The Balaban J connectivity index is 0.806. The molecular formula is C44H49N7O6S. The van der Waals surface area contributed by atoms with Gasteiger partial charge in [-0.1, -0.05) is 30.7 Å². The predicted molar refractivity (Wildman–Crippen MR) is 224 cm³/mol. The van der Waals surface area contributed by atoms with E-state index >= 15 is 0 Å². The van der Waals surface area contributed by atoms with E-state index in [0.717, 1.165) is 82.2 Å². The number of benzene rings is 3. The Bertz CT molecular complexity index is 2210. The van der Waals surface area contributed by atoms with Crippen molar-refractivity contribution >= 4 is 58.2 Å². The quantitative estimate of drug-likeness (QED) is 0.0630. The zero-order valence-electron chi connectivity index (χ0n) is 32.6. The number of piperidine rings is 2. The summed E-state index contributed by atoms with van der Waals surface area (Å²) < 4.78 is 0. The van der Waals surface area contributed by atoms with E-state index in [4.69, 9.17) is 0 Å². The third kappa shape index (κ3) is 9.80. The minimum Gasteiger partial charge on any atom is -0.385 e. The third-order valence-corrected chi connectivity index (χ3v) is 12.0. The molecule has 14 heteroatoms. The lowest BCUT2D eigenvalue weighted by atomic mass is 10.0. The largest absolute Gasteiger partial charge is 0.385 e. The molecule has 3 aliphatic rings. The number of anilines is 2. The molecule has 302 valence electrons. The van der Waals surface area contributed by atoms with E-state index in [9.17, 15) is 28.8 Å². The first-order valence-corrected chi connectivity index (χ1v) is 20.8. The molecule has 1 aromatic heterocycles. The molecule has 0 saturated carbocycles. The van der Waals surface area contributed by atoms with Crippen molar-refractivity contribution in [1.29, 1.82) is 0 Å². The Morgan fingerprint density at radius 3 is 2.45 bits per heavy atom. The molecule has 0 spiro atoms. The Morgan fingerprint density at radius 2 is 1.62 bits per heavy atom. The van der Waals surface area contributed by atoms with E-state index in [2.05, 4.69) is 50.1 Å². The molecule has 58 heavy (non-hydrogen) atoms. The number of hydrogen-bond acceptors (Lipinski definition) is 10. The second-order valence-electron chi connectivity index (χ2n) is 15.1. The van der Waals surface area contributed by atoms with Crippen molar-refractivity contribution in [2.75, 3.05) is 30.3 Å². The van der Waals surface area contributed by atoms with Gasteiger partial charge in [0.1, 0.15) is 6.04 Å². The topological polar surface area (TPSA) is 178 Å². The number of aryl methyl sites for hydroxylation is 1. The van der Waals surface area contributed by atoms with Crippen LogP contribution in [0.3, 0.4) is 0 Å². The average Bonchev–Trinajstić information content (AvgIpc) is 3.80. The Labute approximate surface area is 341 Å². The number of amides is 6. The maximum Gasteiger partial charge on any atom is 0.262 e. The molecule has 4 aromatic rings. The lowest BCUT2D eigenvalue weighted by Crippen LogP contribution is -2.54. The minimum absolute atomic E-state index is 0.00846. The van der Waals surface area contributed by atoms with E-state index in [-0.39, 0.29) is 35.8 Å². The van der Waals surface area contributed by atoms with Crippen LogP contribution in [0.25, 0.3) is 10.4 Å². The lowest BCUT2D eigenvalue weighted by molar-refractivity contribution is -0.136. The van der Waals surface area contributed by atoms with Crippen molar-refractivity contribution in [2.24, 2.45) is 0 Å². The van der Waals surface area contributed by atoms with E-state index in [1.165, 1.54) is 0 Å². The van der Waals surface area contributed by atoms with Gasteiger partial charge in [0.2, 0.25) is 17.7 Å². The van der Waals surface area contributed by atoms with Crippen LogP contribution in [0.2, 0.25) is 0 Å². The predicted octanol–water partition coefficient (Wildman–Crippen LogP) is 5.51. The molecule has 7 rings (SSSR count). The van der Waals surface area contributed by atoms with Crippen LogP contribution in [0.5, 0.6) is 0 Å². The number of carbonyl (C=O) groups excluding carboxylic acids is 6. The van der Waals surface area contributed by atoms with Crippen molar-refractivity contribution in [2.45, 2.75) is 83.5 Å². The molecular weight excluding hydrogens is 755 g/mol. The molecule has 2 saturated heterocycles. The summed E-state index contributed by atoms with van der Waals surface area (Å²) in [7, 11) is 0. The summed E-state index contributed by atoms with van der Waals surface area (Å²) in [6.45, 7) is 5.44. The van der Waals surface area contributed by atoms with Gasteiger partial charge in [-0.05, 0) is 117 Å². The van der Waals surface area contributed by atoms with Gasteiger partial charge in [-0.15, -0.1) is 11.3 Å². The molecule has 13 nitrogen and oxygen atoms in total. The SMILES string of the molecule is Cc1ccc(NC2CCNCC2)cc1C(=O)NCc1cccc(-c2ccc(CNC(=O)CCCCCNc3ccc4c(c3)C(=O)N(C3CCC(=O)NC3=O)C4=O)s2)c1. The van der Waals surface area contributed by atoms with E-state index in [0.29, 0.717) is 43.3 Å². The number of nitrogens with one attached hydrogen (secondary N) is 6. The fraction of sp³-hybridized carbons (Fsp3) is 0.364. The zero-order valence-corrected chi connectivity index (χ0v) is 33.4. The van der Waals surface area contributed by atoms with Gasteiger partial charge >= 0.3 is 0 Å². The van der Waals surface area contributed by atoms with Gasteiger partial charge in [0.25, 0.3) is 17.7 Å². The Kier molecular flexibility index (Phi) is 12.9. The molecule has 0 aliphatic carbocycles. The van der Waals surface area contributed by atoms with Crippen molar-refractivity contribution in [3.05, 3.63) is 105 Å². The molecule has 3 aliphatic heterocycles. The van der Waals surface area contributed by atoms with Gasteiger partial charge in [0.15, 0.2) is 0 Å². The highest BCUT2D eigenvalue weighted by Crippen LogP contribution is 2.31. The summed E-state index contributed by atoms with van der Waals surface area (Å²) in [5.74, 6) is -2.22. The van der Waals surface area contributed by atoms with Gasteiger partial charge < -0.3 is 26.6 Å². The standard InChI is InChI=1S/C44H49N7O6S/c1-27-9-10-32(49-30-17-20-45-21-18-30)24-35(27)41(54)48-25-28-6-5-7-29(22-28)38-15-12-33(58-38)26-47-39(52)8-3-2-4-19-46-31-11-13-34-36(23-31)44(57)51(43(34)56)37-14-16-40(53)50-42(37)55/h5-7,9-13,15,22-24,30,37,45-46,49H,2-4,8,14,16-21,25-26H2,1H3,(H,47,52)(H,48,54)(H,50,53,55). The number of thiophene rings is 1. The van der Waals surface area contributed by atoms with Crippen molar-refractivity contribution in [3.8, 4) is 10.4 Å². The number of nitrogens with zero attached hydrogens (tertiary/aromatic N) is 1. The lowest BCUT2D eigenvalue weighted by Gasteiger charge is -2.27. The van der Waals surface area contributed by atoms with E-state index in [1.807, 2.05) is 43.3 Å². The van der Waals surface area contributed by atoms with Crippen molar-refractivity contribution < 1.29 is 28.8 Å². The number of unbranched alkanes of at least 4 members (excludes halogenated alkanes) is 2. The molecule has 6 N–H and O–H groups in total. The molecule has 3 aromatic carbocycles. The minimum atomic E-state index is -0.996. The number of imide groups is 2. The smallest absolute Gasteiger partial charge is 0.262 e. The molecule has 4 heterocycles. The van der Waals surface area contributed by atoms with Gasteiger partial charge in [0, 0.05) is 58.7 Å². The second-order valence-corrected chi connectivity index (χ2v) is 16.2. The molecule has 2 fully saturated rings. The summed E-state index contributed by atoms with van der Waals surface area (Å²) >= 11 is 1.63. The van der Waals surface area contributed by atoms with Gasteiger partial charge in [0.05, 0.1) is 17.7 Å². The molecule has 1 atom stereocenters. The Morgan fingerprint density at radius 1 is 0.810 bits per heavy atom. The molecule has 6 amide bonds. The summed E-state index contributed by atoms with van der Waals surface area (Å²) in [4.78, 5) is 78.8. The van der Waals surface area contributed by atoms with Crippen LogP contribution in [-0.2, 0) is 27.5 Å². The number of carbonyl (C=O) groups is 6. The van der Waals surface area contributed by atoms with Crippen molar-refractivity contribution in [1.82, 2.24) is 26.2 Å². The Hall–Kier alpha value is -5.86. The summed E-state index contributed by atoms with van der Waals surface area (Å²) in [5, 5.41) is 18.6. The first-order valence-electron chi connectivity index (χ1n) is 20.0. The summed E-state index contributed by atoms with van der Waals surface area (Å²) in [5.41, 5.74) is 5.80. The second kappa shape index (κ2) is 18.6. The highest BCUT2D eigenvalue weighted by molar-refractivity contribution is 7.15. The van der Waals surface area contributed by atoms with E-state index in [1.54, 1.807) is 29.5 Å². The zero-order chi connectivity index (χ0) is 40.6. The first kappa shape index (κ1) is 40.3. The van der Waals surface area contributed by atoms with Crippen LogP contribution in [0, 0.1) is 6.92 Å². The van der Waals surface area contributed by atoms with Crippen molar-refractivity contribution in [3.63, 3.8) is 0 Å². The maximum absolute atomic E-state index is 13.2. The van der Waals surface area contributed by atoms with Crippen LogP contribution in [0.1, 0.15) is 98.4 Å². The van der Waals surface area contributed by atoms with Crippen LogP contribution in [0.4, 0.5) is 11.4 Å². The first-order chi connectivity index (χ1) is 28.1. The fourth-order valence-corrected chi connectivity index (χ4v) is 8.52. The monoisotopic (exact) mass is 803 g/mol. The summed E-state index contributed by atoms with van der Waals surface area (Å²) in [6.07, 6.45) is 5.08. The van der Waals surface area contributed by atoms with Crippen LogP contribution in [0.15, 0.2) is 72.8 Å². The highest BCUT2D eigenvalue weighted by Gasteiger charge is 2.44. The van der Waals surface area contributed by atoms with Crippen LogP contribution in [-0.4, -0.2) is 72.1 Å². The number of hydrogen-bond donors (Lipinski definition) is 6. The molecule has 0 bridgehead atoms. The normalized spacial score (nSPS) is 16.8. The fourth-order valence-electron chi connectivity index (χ4n) is 7.57. The number of fused-ring (bicyclic) bond motifs is 1. The average molecular weight is 804 g/mol. The van der Waals surface area contributed by atoms with Gasteiger partial charge in [-0.2, -0.15) is 0 Å². The third-order valence-electron chi connectivity index (χ3n) is 10.8. The van der Waals surface area contributed by atoms with Gasteiger partial charge in [-0.3, -0.25) is 39.0 Å². The molecule has 0 radical (unpaired) electrons. The summed E-state index contributed by atoms with van der Waals surface area (Å²) in [6, 6.07) is 22.6. The molecule has 1 unspecified atom stereocenters. The van der Waals surface area contributed by atoms with Crippen LogP contribution < -0.4 is 31.9 Å². The number of rotatable bonds is 16. The maximum atomic E-state index is 13.2.